The van der Waals surface area contributed by atoms with E-state index in [2.05, 4.69) is 10.3 Å². The van der Waals surface area contributed by atoms with Crippen LogP contribution in [0.5, 0.6) is 0 Å². The lowest BCUT2D eigenvalue weighted by atomic mass is 10.1. The number of hydrogen-bond acceptors (Lipinski definition) is 3. The fraction of sp³-hybridized carbons (Fsp3) is 0.500. The van der Waals surface area contributed by atoms with Crippen LogP contribution in [0.2, 0.25) is 0 Å². The molecule has 0 aliphatic rings. The second kappa shape index (κ2) is 5.61. The van der Waals surface area contributed by atoms with Gasteiger partial charge in [0.15, 0.2) is 0 Å². The van der Waals surface area contributed by atoms with Gasteiger partial charge in [-0.3, -0.25) is 9.78 Å². The molecule has 1 aromatic heterocycles. The molecule has 1 rings (SSSR count). The van der Waals surface area contributed by atoms with Gasteiger partial charge in [0, 0.05) is 6.20 Å². The topological polar surface area (TPSA) is 62.2 Å². The van der Waals surface area contributed by atoms with Gasteiger partial charge in [0.25, 0.3) is 5.91 Å². The Morgan fingerprint density at radius 2 is 2.25 bits per heavy atom. The van der Waals surface area contributed by atoms with Gasteiger partial charge in [0.05, 0.1) is 12.6 Å². The molecule has 4 nitrogen and oxygen atoms in total. The van der Waals surface area contributed by atoms with E-state index in [1.165, 1.54) is 0 Å². The molecule has 88 valence electrons. The quantitative estimate of drug-likeness (QED) is 0.803. The normalized spacial score (nSPS) is 12.6. The van der Waals surface area contributed by atoms with Crippen LogP contribution < -0.4 is 5.32 Å². The van der Waals surface area contributed by atoms with Crippen molar-refractivity contribution in [3.63, 3.8) is 0 Å². The van der Waals surface area contributed by atoms with Gasteiger partial charge < -0.3 is 10.4 Å². The predicted octanol–water partition coefficient (Wildman–Crippen LogP) is 1.14. The summed E-state index contributed by atoms with van der Waals surface area (Å²) in [6.07, 6.45) is 1.59. The van der Waals surface area contributed by atoms with Gasteiger partial charge in [-0.05, 0) is 24.5 Å². The van der Waals surface area contributed by atoms with E-state index in [1.807, 2.05) is 26.8 Å². The van der Waals surface area contributed by atoms with Gasteiger partial charge in [-0.15, -0.1) is 0 Å². The summed E-state index contributed by atoms with van der Waals surface area (Å²) in [6, 6.07) is 3.40. The summed E-state index contributed by atoms with van der Waals surface area (Å²) in [5.74, 6) is -0.0381. The molecule has 1 amide bonds. The fourth-order valence-corrected chi connectivity index (χ4v) is 1.38. The van der Waals surface area contributed by atoms with Gasteiger partial charge in [-0.2, -0.15) is 0 Å². The van der Waals surface area contributed by atoms with Crippen molar-refractivity contribution in [1.82, 2.24) is 10.3 Å². The Labute approximate surface area is 95.7 Å². The molecule has 0 aromatic carbocycles. The summed E-state index contributed by atoms with van der Waals surface area (Å²) < 4.78 is 0. The zero-order valence-corrected chi connectivity index (χ0v) is 9.90. The van der Waals surface area contributed by atoms with Gasteiger partial charge in [-0.25, -0.2) is 0 Å². The van der Waals surface area contributed by atoms with E-state index in [1.54, 1.807) is 12.3 Å². The Morgan fingerprint density at radius 3 is 2.75 bits per heavy atom. The Balaban J connectivity index is 2.76. The standard InChI is InChI=1S/C12H18N2O2/c1-8(2)10(7-15)14-12(16)11-9(3)5-4-6-13-11/h4-6,8,10,15H,7H2,1-3H3,(H,14,16)/t10-/m1/s1. The molecule has 1 aromatic rings. The van der Waals surface area contributed by atoms with Gasteiger partial charge in [0.2, 0.25) is 0 Å². The lowest BCUT2D eigenvalue weighted by molar-refractivity contribution is 0.0891. The third-order valence-corrected chi connectivity index (χ3v) is 2.54. The molecule has 1 heterocycles. The number of hydrogen-bond donors (Lipinski definition) is 2. The first-order valence-corrected chi connectivity index (χ1v) is 5.39. The number of carbonyl (C=O) groups is 1. The first-order valence-electron chi connectivity index (χ1n) is 5.39. The molecule has 1 atom stereocenters. The van der Waals surface area contributed by atoms with Crippen LogP contribution in [0.15, 0.2) is 18.3 Å². The van der Waals surface area contributed by atoms with E-state index >= 15 is 0 Å². The molecule has 0 fully saturated rings. The molecule has 2 N–H and O–H groups in total. The van der Waals surface area contributed by atoms with E-state index in [9.17, 15) is 4.79 Å². The Kier molecular flexibility index (Phi) is 4.43. The minimum Gasteiger partial charge on any atom is -0.394 e. The number of aromatic nitrogens is 1. The molecule has 0 saturated carbocycles. The highest BCUT2D eigenvalue weighted by Gasteiger charge is 2.17. The van der Waals surface area contributed by atoms with Crippen LogP contribution in [0.1, 0.15) is 29.9 Å². The monoisotopic (exact) mass is 222 g/mol. The van der Waals surface area contributed by atoms with Crippen LogP contribution in [-0.2, 0) is 0 Å². The number of nitrogens with zero attached hydrogens (tertiary/aromatic N) is 1. The third kappa shape index (κ3) is 3.03. The summed E-state index contributed by atoms with van der Waals surface area (Å²) in [5.41, 5.74) is 1.25. The van der Waals surface area contributed by atoms with Crippen LogP contribution in [-0.4, -0.2) is 28.6 Å². The molecule has 16 heavy (non-hydrogen) atoms. The summed E-state index contributed by atoms with van der Waals surface area (Å²) in [4.78, 5) is 15.9. The second-order valence-corrected chi connectivity index (χ2v) is 4.18. The molecule has 0 spiro atoms. The van der Waals surface area contributed by atoms with E-state index < -0.39 is 0 Å². The maximum Gasteiger partial charge on any atom is 0.270 e. The number of aliphatic hydroxyl groups is 1. The molecule has 4 heteroatoms. The minimum absolute atomic E-state index is 0.0602. The van der Waals surface area contributed by atoms with Gasteiger partial charge in [-0.1, -0.05) is 19.9 Å². The summed E-state index contributed by atoms with van der Waals surface area (Å²) in [5, 5.41) is 11.9. The number of aryl methyl sites for hydroxylation is 1. The maximum atomic E-state index is 11.9. The first kappa shape index (κ1) is 12.6. The summed E-state index contributed by atoms with van der Waals surface area (Å²) in [7, 11) is 0. The van der Waals surface area contributed by atoms with Crippen molar-refractivity contribution in [3.8, 4) is 0 Å². The van der Waals surface area contributed by atoms with Gasteiger partial charge >= 0.3 is 0 Å². The van der Waals surface area contributed by atoms with E-state index in [0.29, 0.717) is 5.69 Å². The highest BCUT2D eigenvalue weighted by molar-refractivity contribution is 5.93. The summed E-state index contributed by atoms with van der Waals surface area (Å²) in [6.45, 7) is 5.68. The number of amides is 1. The number of nitrogens with one attached hydrogen (secondary N) is 1. The zero-order valence-electron chi connectivity index (χ0n) is 9.90. The van der Waals surface area contributed by atoms with Crippen LogP contribution >= 0.6 is 0 Å². The number of carbonyl (C=O) groups excluding carboxylic acids is 1. The molecule has 0 aliphatic carbocycles. The van der Waals surface area contributed by atoms with E-state index in [-0.39, 0.29) is 24.5 Å². The SMILES string of the molecule is Cc1cccnc1C(=O)N[C@H](CO)C(C)C. The van der Waals surface area contributed by atoms with Crippen LogP contribution in [0.3, 0.4) is 0 Å². The summed E-state index contributed by atoms with van der Waals surface area (Å²) >= 11 is 0. The first-order chi connectivity index (χ1) is 7.56. The van der Waals surface area contributed by atoms with Crippen molar-refractivity contribution < 1.29 is 9.90 Å². The number of aliphatic hydroxyl groups excluding tert-OH is 1. The number of rotatable bonds is 4. The molecular formula is C12H18N2O2. The molecule has 0 saturated heterocycles. The second-order valence-electron chi connectivity index (χ2n) is 4.18. The van der Waals surface area contributed by atoms with Crippen molar-refractivity contribution >= 4 is 5.91 Å². The fourth-order valence-electron chi connectivity index (χ4n) is 1.38. The number of pyridine rings is 1. The van der Waals surface area contributed by atoms with Crippen molar-refractivity contribution in [2.24, 2.45) is 5.92 Å². The minimum atomic E-state index is -0.231. The Bertz CT molecular complexity index is 364. The average molecular weight is 222 g/mol. The predicted molar refractivity (Wildman–Crippen MR) is 62.2 cm³/mol. The molecule has 0 aliphatic heterocycles. The lowest BCUT2D eigenvalue weighted by Gasteiger charge is -2.19. The largest absolute Gasteiger partial charge is 0.394 e. The van der Waals surface area contributed by atoms with Crippen molar-refractivity contribution in [2.75, 3.05) is 6.61 Å². The Hall–Kier alpha value is -1.42. The van der Waals surface area contributed by atoms with Crippen LogP contribution in [0.4, 0.5) is 0 Å². The highest BCUT2D eigenvalue weighted by Crippen LogP contribution is 2.06. The maximum absolute atomic E-state index is 11.9. The molecule has 0 radical (unpaired) electrons. The molecule has 0 bridgehead atoms. The lowest BCUT2D eigenvalue weighted by Crippen LogP contribution is -2.41. The highest BCUT2D eigenvalue weighted by atomic mass is 16.3. The van der Waals surface area contributed by atoms with Gasteiger partial charge in [0.1, 0.15) is 5.69 Å². The molecule has 0 unspecified atom stereocenters. The van der Waals surface area contributed by atoms with E-state index in [4.69, 9.17) is 5.11 Å². The van der Waals surface area contributed by atoms with E-state index in [0.717, 1.165) is 5.56 Å². The Morgan fingerprint density at radius 1 is 1.56 bits per heavy atom. The average Bonchev–Trinajstić information content (AvgIpc) is 2.25. The molecular weight excluding hydrogens is 204 g/mol. The van der Waals surface area contributed by atoms with Crippen molar-refractivity contribution in [2.45, 2.75) is 26.8 Å². The zero-order chi connectivity index (χ0) is 12.1. The third-order valence-electron chi connectivity index (χ3n) is 2.54. The van der Waals surface area contributed by atoms with Crippen LogP contribution in [0, 0.1) is 12.8 Å². The van der Waals surface area contributed by atoms with Crippen LogP contribution in [0.25, 0.3) is 0 Å². The van der Waals surface area contributed by atoms with Crippen molar-refractivity contribution in [3.05, 3.63) is 29.6 Å². The van der Waals surface area contributed by atoms with Crippen molar-refractivity contribution in [1.29, 1.82) is 0 Å². The smallest absolute Gasteiger partial charge is 0.270 e.